The quantitative estimate of drug-likeness (QED) is 0.622. The summed E-state index contributed by atoms with van der Waals surface area (Å²) in [5.74, 6) is 1.73. The van der Waals surface area contributed by atoms with Crippen LogP contribution in [0.4, 0.5) is 0 Å². The molecule has 1 fully saturated rings. The van der Waals surface area contributed by atoms with Crippen molar-refractivity contribution in [2.75, 3.05) is 34.4 Å². The van der Waals surface area contributed by atoms with Crippen LogP contribution in [0.3, 0.4) is 0 Å². The lowest BCUT2D eigenvalue weighted by molar-refractivity contribution is -0.131. The molecule has 1 heterocycles. The van der Waals surface area contributed by atoms with E-state index in [2.05, 4.69) is 18.0 Å². The molecule has 1 unspecified atom stereocenters. The molecule has 1 saturated heterocycles. The average molecular weight is 431 g/mol. The van der Waals surface area contributed by atoms with Gasteiger partial charge in [0.2, 0.25) is 5.91 Å². The molecule has 30 heavy (non-hydrogen) atoms. The highest BCUT2D eigenvalue weighted by atomic mass is 35.5. The van der Waals surface area contributed by atoms with Crippen LogP contribution in [0.1, 0.15) is 30.4 Å². The molecular weight excluding hydrogens is 400 g/mol. The van der Waals surface area contributed by atoms with Crippen LogP contribution in [0.5, 0.6) is 11.5 Å². The molecule has 0 radical (unpaired) electrons. The molecule has 2 aromatic carbocycles. The third kappa shape index (κ3) is 5.89. The number of hydrogen-bond donors (Lipinski definition) is 0. The minimum atomic E-state index is 0.228. The van der Waals surface area contributed by atoms with E-state index in [4.69, 9.17) is 21.1 Å². The van der Waals surface area contributed by atoms with Gasteiger partial charge in [0.15, 0.2) is 11.5 Å². The van der Waals surface area contributed by atoms with Crippen LogP contribution in [-0.2, 0) is 17.8 Å². The number of likely N-dealkylation sites (tertiary alicyclic amines) is 1. The van der Waals surface area contributed by atoms with Gasteiger partial charge in [0, 0.05) is 37.1 Å². The van der Waals surface area contributed by atoms with E-state index in [1.165, 1.54) is 5.56 Å². The standard InChI is InChI=1S/C24H31ClN2O3/c1-26(13-11-18-7-9-22(29-2)23(16-18)30-3)21-8-10-24(28)27(14-12-21)17-19-5-4-6-20(25)15-19/h4-7,9,15-16,21H,8,10-14,17H2,1-3H3. The van der Waals surface area contributed by atoms with E-state index in [0.717, 1.165) is 49.4 Å². The lowest BCUT2D eigenvalue weighted by atomic mass is 10.1. The summed E-state index contributed by atoms with van der Waals surface area (Å²) in [6.07, 6.45) is 3.39. The third-order valence-corrected chi connectivity index (χ3v) is 6.10. The summed E-state index contributed by atoms with van der Waals surface area (Å²) in [5, 5.41) is 0.711. The maximum Gasteiger partial charge on any atom is 0.222 e. The highest BCUT2D eigenvalue weighted by molar-refractivity contribution is 6.30. The van der Waals surface area contributed by atoms with Crippen molar-refractivity contribution in [3.63, 3.8) is 0 Å². The van der Waals surface area contributed by atoms with E-state index >= 15 is 0 Å². The third-order valence-electron chi connectivity index (χ3n) is 5.86. The number of nitrogens with zero attached hydrogens (tertiary/aromatic N) is 2. The van der Waals surface area contributed by atoms with E-state index in [-0.39, 0.29) is 5.91 Å². The Morgan fingerprint density at radius 3 is 2.60 bits per heavy atom. The van der Waals surface area contributed by atoms with E-state index in [1.807, 2.05) is 41.3 Å². The monoisotopic (exact) mass is 430 g/mol. The van der Waals surface area contributed by atoms with Gasteiger partial charge in [-0.3, -0.25) is 4.79 Å². The van der Waals surface area contributed by atoms with Crippen molar-refractivity contribution < 1.29 is 14.3 Å². The summed E-state index contributed by atoms with van der Waals surface area (Å²) in [7, 11) is 5.46. The molecule has 162 valence electrons. The van der Waals surface area contributed by atoms with Gasteiger partial charge in [0.1, 0.15) is 0 Å². The maximum absolute atomic E-state index is 12.6. The van der Waals surface area contributed by atoms with Gasteiger partial charge in [0.05, 0.1) is 14.2 Å². The van der Waals surface area contributed by atoms with E-state index in [1.54, 1.807) is 14.2 Å². The fourth-order valence-electron chi connectivity index (χ4n) is 4.01. The van der Waals surface area contributed by atoms with Crippen molar-refractivity contribution in [1.82, 2.24) is 9.80 Å². The summed E-state index contributed by atoms with van der Waals surface area (Å²) in [6, 6.07) is 14.2. The fraction of sp³-hybridized carbons (Fsp3) is 0.458. The van der Waals surface area contributed by atoms with Crippen LogP contribution in [0, 0.1) is 0 Å². The normalized spacial score (nSPS) is 17.2. The number of carbonyl (C=O) groups is 1. The number of hydrogen-bond acceptors (Lipinski definition) is 4. The highest BCUT2D eigenvalue weighted by Crippen LogP contribution is 2.28. The highest BCUT2D eigenvalue weighted by Gasteiger charge is 2.25. The number of methoxy groups -OCH3 is 2. The number of carbonyl (C=O) groups excluding carboxylic acids is 1. The van der Waals surface area contributed by atoms with Crippen LogP contribution in [0.25, 0.3) is 0 Å². The molecule has 0 aromatic heterocycles. The summed E-state index contributed by atoms with van der Waals surface area (Å²) in [6.45, 7) is 2.33. The first-order valence-corrected chi connectivity index (χ1v) is 10.8. The van der Waals surface area contributed by atoms with Crippen molar-refractivity contribution in [3.05, 3.63) is 58.6 Å². The van der Waals surface area contributed by atoms with Crippen molar-refractivity contribution in [2.45, 2.75) is 38.3 Å². The summed E-state index contributed by atoms with van der Waals surface area (Å²) < 4.78 is 10.7. The first kappa shape index (κ1) is 22.4. The van der Waals surface area contributed by atoms with Gasteiger partial charge in [-0.2, -0.15) is 0 Å². The molecule has 1 aliphatic rings. The van der Waals surface area contributed by atoms with Gasteiger partial charge >= 0.3 is 0 Å². The van der Waals surface area contributed by atoms with Crippen LogP contribution < -0.4 is 9.47 Å². The Morgan fingerprint density at radius 2 is 1.87 bits per heavy atom. The maximum atomic E-state index is 12.6. The topological polar surface area (TPSA) is 42.0 Å². The zero-order valence-electron chi connectivity index (χ0n) is 18.1. The lowest BCUT2D eigenvalue weighted by Gasteiger charge is -2.27. The van der Waals surface area contributed by atoms with E-state index in [9.17, 15) is 4.79 Å². The number of halogens is 1. The zero-order valence-corrected chi connectivity index (χ0v) is 18.8. The Kier molecular flexibility index (Phi) is 8.00. The summed E-state index contributed by atoms with van der Waals surface area (Å²) >= 11 is 6.09. The minimum absolute atomic E-state index is 0.228. The number of ether oxygens (including phenoxy) is 2. The Balaban J connectivity index is 1.54. The second-order valence-electron chi connectivity index (χ2n) is 7.85. The Hall–Kier alpha value is -2.24. The van der Waals surface area contributed by atoms with Crippen molar-refractivity contribution >= 4 is 17.5 Å². The molecule has 2 aromatic rings. The first-order valence-electron chi connectivity index (χ1n) is 10.4. The molecule has 1 atom stereocenters. The van der Waals surface area contributed by atoms with Crippen molar-refractivity contribution in [2.24, 2.45) is 0 Å². The predicted molar refractivity (Wildman–Crippen MR) is 120 cm³/mol. The molecule has 3 rings (SSSR count). The van der Waals surface area contributed by atoms with Crippen LogP contribution >= 0.6 is 11.6 Å². The SMILES string of the molecule is COc1ccc(CCN(C)C2CCC(=O)N(Cc3cccc(Cl)c3)CC2)cc1OC. The molecule has 0 bridgehead atoms. The van der Waals surface area contributed by atoms with Gasteiger partial charge in [-0.1, -0.05) is 29.8 Å². The molecule has 0 saturated carbocycles. The molecule has 6 heteroatoms. The van der Waals surface area contributed by atoms with Crippen molar-refractivity contribution in [1.29, 1.82) is 0 Å². The first-order chi connectivity index (χ1) is 14.5. The van der Waals surface area contributed by atoms with Crippen molar-refractivity contribution in [3.8, 4) is 11.5 Å². The van der Waals surface area contributed by atoms with E-state index < -0.39 is 0 Å². The molecule has 1 amide bonds. The number of amides is 1. The second-order valence-corrected chi connectivity index (χ2v) is 8.28. The Bertz CT molecular complexity index is 858. The fourth-order valence-corrected chi connectivity index (χ4v) is 4.22. The van der Waals surface area contributed by atoms with Gasteiger partial charge in [-0.25, -0.2) is 0 Å². The van der Waals surface area contributed by atoms with Gasteiger partial charge in [0.25, 0.3) is 0 Å². The minimum Gasteiger partial charge on any atom is -0.493 e. The molecule has 0 spiro atoms. The molecule has 5 nitrogen and oxygen atoms in total. The van der Waals surface area contributed by atoms with Gasteiger partial charge in [-0.15, -0.1) is 0 Å². The average Bonchev–Trinajstić information content (AvgIpc) is 2.93. The molecular formula is C24H31ClN2O3. The lowest BCUT2D eigenvalue weighted by Crippen LogP contribution is -2.34. The molecule has 0 N–H and O–H groups in total. The van der Waals surface area contributed by atoms with Crippen LogP contribution in [0.2, 0.25) is 5.02 Å². The number of benzene rings is 2. The molecule has 1 aliphatic heterocycles. The number of rotatable bonds is 8. The molecule has 0 aliphatic carbocycles. The Morgan fingerprint density at radius 1 is 1.07 bits per heavy atom. The van der Waals surface area contributed by atoms with E-state index in [0.29, 0.717) is 24.0 Å². The second kappa shape index (κ2) is 10.7. The van der Waals surface area contributed by atoms with Crippen LogP contribution in [0.15, 0.2) is 42.5 Å². The summed E-state index contributed by atoms with van der Waals surface area (Å²) in [5.41, 5.74) is 2.29. The van der Waals surface area contributed by atoms with Gasteiger partial charge < -0.3 is 19.3 Å². The zero-order chi connectivity index (χ0) is 21.5. The van der Waals surface area contributed by atoms with Gasteiger partial charge in [-0.05, 0) is 61.7 Å². The predicted octanol–water partition coefficient (Wildman–Crippen LogP) is 4.41. The summed E-state index contributed by atoms with van der Waals surface area (Å²) in [4.78, 5) is 17.0. The Labute approximate surface area is 184 Å². The largest absolute Gasteiger partial charge is 0.493 e. The van der Waals surface area contributed by atoms with Crippen LogP contribution in [-0.4, -0.2) is 56.1 Å². The smallest absolute Gasteiger partial charge is 0.222 e. The number of likely N-dealkylation sites (N-methyl/N-ethyl adjacent to an activating group) is 1.